The average molecular weight is 259 g/mol. The molecule has 0 spiro atoms. The lowest BCUT2D eigenvalue weighted by molar-refractivity contribution is 0.0690. The molecule has 0 saturated carbocycles. The highest BCUT2D eigenvalue weighted by Crippen LogP contribution is 2.06. The monoisotopic (exact) mass is 259 g/mol. The van der Waals surface area contributed by atoms with Crippen molar-refractivity contribution >= 4 is 22.0 Å². The smallest absolute Gasteiger partial charge is 0.354 e. The van der Waals surface area contributed by atoms with Gasteiger partial charge in [-0.3, -0.25) is 4.72 Å². The van der Waals surface area contributed by atoms with E-state index in [0.717, 1.165) is 0 Å². The van der Waals surface area contributed by atoms with Crippen LogP contribution in [0.15, 0.2) is 18.2 Å². The van der Waals surface area contributed by atoms with Gasteiger partial charge >= 0.3 is 5.97 Å². The zero-order chi connectivity index (χ0) is 13.1. The predicted octanol–water partition coefficient (Wildman–Crippen LogP) is 0.434. The van der Waals surface area contributed by atoms with Crippen LogP contribution in [-0.4, -0.2) is 30.5 Å². The van der Waals surface area contributed by atoms with E-state index >= 15 is 0 Å². The summed E-state index contributed by atoms with van der Waals surface area (Å²) >= 11 is 0. The Balaban J connectivity index is 2.89. The highest BCUT2D eigenvalue weighted by atomic mass is 32.2. The molecule has 0 amide bonds. The van der Waals surface area contributed by atoms with Gasteiger partial charge in [0.2, 0.25) is 0 Å². The van der Waals surface area contributed by atoms with Crippen molar-refractivity contribution in [3.63, 3.8) is 0 Å². The second-order valence-electron chi connectivity index (χ2n) is 3.59. The number of aromatic carboxylic acids is 1. The van der Waals surface area contributed by atoms with Gasteiger partial charge in [-0.15, -0.1) is 0 Å². The fourth-order valence-corrected chi connectivity index (χ4v) is 2.16. The molecule has 0 unspecified atom stereocenters. The van der Waals surface area contributed by atoms with E-state index in [9.17, 15) is 13.2 Å². The molecule has 3 N–H and O–H groups in total. The predicted molar refractivity (Wildman–Crippen MR) is 62.0 cm³/mol. The van der Waals surface area contributed by atoms with Gasteiger partial charge in [-0.2, -0.15) is 13.1 Å². The normalized spacial score (nSPS) is 11.5. The van der Waals surface area contributed by atoms with Gasteiger partial charge in [0.25, 0.3) is 10.2 Å². The summed E-state index contributed by atoms with van der Waals surface area (Å²) in [4.78, 5) is 14.3. The first-order valence-corrected chi connectivity index (χ1v) is 6.29. The van der Waals surface area contributed by atoms with Crippen LogP contribution in [0.5, 0.6) is 0 Å². The highest BCUT2D eigenvalue weighted by molar-refractivity contribution is 7.90. The van der Waals surface area contributed by atoms with E-state index in [0.29, 0.717) is 0 Å². The third-order valence-electron chi connectivity index (χ3n) is 1.60. The van der Waals surface area contributed by atoms with E-state index in [2.05, 4.69) is 14.4 Å². The van der Waals surface area contributed by atoms with Crippen molar-refractivity contribution in [1.82, 2.24) is 9.71 Å². The number of carboxylic acid groups (broad SMARTS) is 1. The van der Waals surface area contributed by atoms with Crippen molar-refractivity contribution in [3.8, 4) is 0 Å². The van der Waals surface area contributed by atoms with E-state index < -0.39 is 16.2 Å². The molecule has 0 aliphatic rings. The van der Waals surface area contributed by atoms with Crippen molar-refractivity contribution in [3.05, 3.63) is 23.9 Å². The van der Waals surface area contributed by atoms with Gasteiger partial charge in [0.1, 0.15) is 5.82 Å². The fourth-order valence-electron chi connectivity index (χ4n) is 1.09. The first-order valence-electron chi connectivity index (χ1n) is 4.80. The van der Waals surface area contributed by atoms with E-state index in [4.69, 9.17) is 5.11 Å². The molecule has 1 aromatic heterocycles. The second kappa shape index (κ2) is 5.11. The van der Waals surface area contributed by atoms with Gasteiger partial charge in [-0.25, -0.2) is 9.78 Å². The maximum absolute atomic E-state index is 11.5. The topological polar surface area (TPSA) is 108 Å². The summed E-state index contributed by atoms with van der Waals surface area (Å²) in [5.41, 5.74) is -0.227. The molecule has 0 aliphatic carbocycles. The third-order valence-corrected chi connectivity index (χ3v) is 2.86. The van der Waals surface area contributed by atoms with E-state index in [-0.39, 0.29) is 17.6 Å². The molecule has 17 heavy (non-hydrogen) atoms. The first kappa shape index (κ1) is 13.4. The molecule has 0 radical (unpaired) electrons. The number of pyridine rings is 1. The standard InChI is InChI=1S/C9H13N3O4S/c1-6(2)11-17(15,16)12-8-5-3-4-7(10-8)9(13)14/h3-6,11H,1-2H3,(H,10,12)(H,13,14). The van der Waals surface area contributed by atoms with Gasteiger partial charge in [-0.05, 0) is 26.0 Å². The quantitative estimate of drug-likeness (QED) is 0.710. The lowest BCUT2D eigenvalue weighted by Crippen LogP contribution is -2.35. The number of nitrogens with one attached hydrogen (secondary N) is 2. The van der Waals surface area contributed by atoms with Crippen molar-refractivity contribution in [1.29, 1.82) is 0 Å². The Morgan fingerprint density at radius 2 is 2.06 bits per heavy atom. The zero-order valence-electron chi connectivity index (χ0n) is 9.34. The molecule has 0 fully saturated rings. The molecule has 0 bridgehead atoms. The van der Waals surface area contributed by atoms with Crippen LogP contribution in [0, 0.1) is 0 Å². The maximum atomic E-state index is 11.5. The van der Waals surface area contributed by atoms with Crippen LogP contribution in [0.25, 0.3) is 0 Å². The Labute approximate surface area is 99.1 Å². The maximum Gasteiger partial charge on any atom is 0.354 e. The number of nitrogens with zero attached hydrogens (tertiary/aromatic N) is 1. The van der Waals surface area contributed by atoms with E-state index in [1.54, 1.807) is 13.8 Å². The van der Waals surface area contributed by atoms with Crippen LogP contribution in [0.4, 0.5) is 5.82 Å². The number of hydrogen-bond acceptors (Lipinski definition) is 4. The summed E-state index contributed by atoms with van der Waals surface area (Å²) in [7, 11) is -3.73. The molecule has 1 aromatic rings. The molecule has 0 atom stereocenters. The summed E-state index contributed by atoms with van der Waals surface area (Å²) in [5, 5.41) is 8.70. The van der Waals surface area contributed by atoms with Crippen LogP contribution < -0.4 is 9.44 Å². The minimum absolute atomic E-state index is 0.0435. The number of carboxylic acids is 1. The molecule has 8 heteroatoms. The van der Waals surface area contributed by atoms with Gasteiger partial charge < -0.3 is 5.11 Å². The van der Waals surface area contributed by atoms with Crippen LogP contribution in [0.2, 0.25) is 0 Å². The second-order valence-corrected chi connectivity index (χ2v) is 5.04. The minimum atomic E-state index is -3.73. The largest absolute Gasteiger partial charge is 0.477 e. The SMILES string of the molecule is CC(C)NS(=O)(=O)Nc1cccc(C(=O)O)n1. The Bertz CT molecular complexity index is 513. The number of carbonyl (C=O) groups is 1. The van der Waals surface area contributed by atoms with Gasteiger partial charge in [0.05, 0.1) is 0 Å². The average Bonchev–Trinajstić information content (AvgIpc) is 2.14. The first-order chi connectivity index (χ1) is 7.80. The molecule has 0 saturated heterocycles. The fraction of sp³-hybridized carbons (Fsp3) is 0.333. The van der Waals surface area contributed by atoms with Crippen molar-refractivity contribution < 1.29 is 18.3 Å². The summed E-state index contributed by atoms with van der Waals surface area (Å²) in [6, 6.07) is 3.78. The summed E-state index contributed by atoms with van der Waals surface area (Å²) in [6.07, 6.45) is 0. The van der Waals surface area contributed by atoms with E-state index in [1.165, 1.54) is 18.2 Å². The summed E-state index contributed by atoms with van der Waals surface area (Å²) in [6.45, 7) is 3.33. The number of aromatic nitrogens is 1. The molecule has 0 aliphatic heterocycles. The molecular formula is C9H13N3O4S. The van der Waals surface area contributed by atoms with Crippen molar-refractivity contribution in [2.75, 3.05) is 4.72 Å². The molecule has 94 valence electrons. The van der Waals surface area contributed by atoms with Crippen molar-refractivity contribution in [2.24, 2.45) is 0 Å². The van der Waals surface area contributed by atoms with Gasteiger partial charge in [0.15, 0.2) is 5.69 Å². The summed E-state index contributed by atoms with van der Waals surface area (Å²) in [5.74, 6) is -1.26. The van der Waals surface area contributed by atoms with Gasteiger partial charge in [0, 0.05) is 6.04 Å². The van der Waals surface area contributed by atoms with E-state index in [1.807, 2.05) is 0 Å². The molecule has 0 aromatic carbocycles. The molecular weight excluding hydrogens is 246 g/mol. The van der Waals surface area contributed by atoms with Crippen molar-refractivity contribution in [2.45, 2.75) is 19.9 Å². The number of rotatable bonds is 5. The number of hydrogen-bond donors (Lipinski definition) is 3. The Morgan fingerprint density at radius 1 is 1.41 bits per heavy atom. The summed E-state index contributed by atoms with van der Waals surface area (Å²) < 4.78 is 27.4. The Morgan fingerprint density at radius 3 is 2.59 bits per heavy atom. The molecule has 1 rings (SSSR count). The lowest BCUT2D eigenvalue weighted by Gasteiger charge is -2.10. The van der Waals surface area contributed by atoms with Gasteiger partial charge in [-0.1, -0.05) is 6.07 Å². The zero-order valence-corrected chi connectivity index (χ0v) is 10.2. The Kier molecular flexibility index (Phi) is 4.02. The lowest BCUT2D eigenvalue weighted by atomic mass is 10.3. The minimum Gasteiger partial charge on any atom is -0.477 e. The molecule has 7 nitrogen and oxygen atoms in total. The molecule has 1 heterocycles. The number of anilines is 1. The third kappa shape index (κ3) is 4.37. The van der Waals surface area contributed by atoms with Crippen LogP contribution in [0.1, 0.15) is 24.3 Å². The highest BCUT2D eigenvalue weighted by Gasteiger charge is 2.13. The Hall–Kier alpha value is -1.67. The van der Waals surface area contributed by atoms with Crippen LogP contribution in [-0.2, 0) is 10.2 Å². The van der Waals surface area contributed by atoms with Crippen LogP contribution >= 0.6 is 0 Å². The van der Waals surface area contributed by atoms with Crippen LogP contribution in [0.3, 0.4) is 0 Å².